The Morgan fingerprint density at radius 3 is 2.04 bits per heavy atom. The molecule has 1 saturated heterocycles. The molecule has 0 amide bonds. The summed E-state index contributed by atoms with van der Waals surface area (Å²) in [6.45, 7) is 5.92. The molecule has 3 rings (SSSR count). The van der Waals surface area contributed by atoms with Crippen LogP contribution >= 0.6 is 0 Å². The van der Waals surface area contributed by atoms with E-state index in [-0.39, 0.29) is 0 Å². The normalized spacial score (nSPS) is 17.1. The van der Waals surface area contributed by atoms with Crippen molar-refractivity contribution in [1.82, 2.24) is 10.0 Å². The van der Waals surface area contributed by atoms with Crippen LogP contribution in [-0.2, 0) is 12.8 Å². The average molecular weight is 322 g/mol. The minimum Gasteiger partial charge on any atom is -0.242 e. The maximum Gasteiger partial charge on any atom is 0.0258 e. The molecule has 1 heterocycles. The first-order valence-corrected chi connectivity index (χ1v) is 9.42. The minimum absolute atomic E-state index is 0.536. The molecule has 0 saturated carbocycles. The van der Waals surface area contributed by atoms with E-state index in [1.807, 2.05) is 0 Å². The van der Waals surface area contributed by atoms with Gasteiger partial charge in [0, 0.05) is 25.7 Å². The van der Waals surface area contributed by atoms with E-state index >= 15 is 0 Å². The van der Waals surface area contributed by atoms with Gasteiger partial charge in [0.1, 0.15) is 0 Å². The lowest BCUT2D eigenvalue weighted by atomic mass is 10.1. The first-order chi connectivity index (χ1) is 11.8. The number of piperidine rings is 1. The Balaban J connectivity index is 1.66. The maximum absolute atomic E-state index is 2.64. The summed E-state index contributed by atoms with van der Waals surface area (Å²) in [6, 6.07) is 22.3. The lowest BCUT2D eigenvalue weighted by molar-refractivity contribution is -0.0670. The van der Waals surface area contributed by atoms with Gasteiger partial charge >= 0.3 is 0 Å². The Hall–Kier alpha value is -1.64. The van der Waals surface area contributed by atoms with Gasteiger partial charge in [-0.15, -0.1) is 0 Å². The quantitative estimate of drug-likeness (QED) is 0.737. The summed E-state index contributed by atoms with van der Waals surface area (Å²) >= 11 is 0. The minimum atomic E-state index is 0.536. The van der Waals surface area contributed by atoms with Crippen LogP contribution in [0.1, 0.15) is 37.3 Å². The largest absolute Gasteiger partial charge is 0.242 e. The van der Waals surface area contributed by atoms with Crippen LogP contribution in [0.25, 0.3) is 0 Å². The lowest BCUT2D eigenvalue weighted by Crippen LogP contribution is -2.51. The van der Waals surface area contributed by atoms with Gasteiger partial charge < -0.3 is 0 Å². The molecule has 2 aromatic rings. The van der Waals surface area contributed by atoms with Crippen LogP contribution in [0.3, 0.4) is 0 Å². The van der Waals surface area contributed by atoms with Crippen LogP contribution in [0, 0.1) is 0 Å². The molecule has 128 valence electrons. The molecule has 0 aromatic heterocycles. The number of benzene rings is 2. The summed E-state index contributed by atoms with van der Waals surface area (Å²) in [6.07, 6.45) is 6.29. The van der Waals surface area contributed by atoms with Crippen molar-refractivity contribution in [3.05, 3.63) is 71.8 Å². The van der Waals surface area contributed by atoms with E-state index in [4.69, 9.17) is 0 Å². The second-order valence-corrected chi connectivity index (χ2v) is 6.95. The van der Waals surface area contributed by atoms with Crippen LogP contribution in [0.4, 0.5) is 0 Å². The van der Waals surface area contributed by atoms with Crippen LogP contribution in [-0.4, -0.2) is 35.7 Å². The molecule has 1 aliphatic rings. The molecule has 2 heteroatoms. The smallest absolute Gasteiger partial charge is 0.0258 e. The maximum atomic E-state index is 2.64. The fraction of sp³-hybridized carbons (Fsp3) is 0.455. The van der Waals surface area contributed by atoms with Crippen molar-refractivity contribution >= 4 is 0 Å². The zero-order valence-electron chi connectivity index (χ0n) is 14.9. The number of hydrogen-bond donors (Lipinski definition) is 0. The van der Waals surface area contributed by atoms with Crippen LogP contribution in [0.5, 0.6) is 0 Å². The zero-order valence-corrected chi connectivity index (χ0v) is 14.9. The summed E-state index contributed by atoms with van der Waals surface area (Å²) < 4.78 is 0. The molecule has 0 spiro atoms. The molecule has 1 unspecified atom stereocenters. The molecular weight excluding hydrogens is 292 g/mol. The molecular formula is C22H30N2. The second kappa shape index (κ2) is 9.00. The van der Waals surface area contributed by atoms with E-state index < -0.39 is 0 Å². The van der Waals surface area contributed by atoms with Crippen molar-refractivity contribution in [2.75, 3.05) is 19.6 Å². The molecule has 1 fully saturated rings. The van der Waals surface area contributed by atoms with Crippen molar-refractivity contribution < 1.29 is 0 Å². The Morgan fingerprint density at radius 1 is 0.833 bits per heavy atom. The fourth-order valence-electron chi connectivity index (χ4n) is 3.72. The van der Waals surface area contributed by atoms with Crippen LogP contribution in [0.2, 0.25) is 0 Å². The summed E-state index contributed by atoms with van der Waals surface area (Å²) in [5.74, 6) is 0. The second-order valence-electron chi connectivity index (χ2n) is 6.95. The van der Waals surface area contributed by atoms with Gasteiger partial charge in [-0.25, -0.2) is 10.0 Å². The van der Waals surface area contributed by atoms with Crippen molar-refractivity contribution in [3.8, 4) is 0 Å². The van der Waals surface area contributed by atoms with E-state index in [0.29, 0.717) is 6.04 Å². The Bertz CT molecular complexity index is 575. The third-order valence-corrected chi connectivity index (χ3v) is 5.05. The van der Waals surface area contributed by atoms with E-state index in [1.54, 1.807) is 0 Å². The highest BCUT2D eigenvalue weighted by atomic mass is 15.6. The molecule has 24 heavy (non-hydrogen) atoms. The highest BCUT2D eigenvalue weighted by Gasteiger charge is 2.23. The van der Waals surface area contributed by atoms with Crippen LogP contribution < -0.4 is 0 Å². The van der Waals surface area contributed by atoms with Gasteiger partial charge in [-0.2, -0.15) is 0 Å². The van der Waals surface area contributed by atoms with Gasteiger partial charge in [0.25, 0.3) is 0 Å². The van der Waals surface area contributed by atoms with Gasteiger partial charge in [-0.3, -0.25) is 0 Å². The Labute approximate surface area is 147 Å². The number of hydrazine groups is 1. The van der Waals surface area contributed by atoms with Crippen LogP contribution in [0.15, 0.2) is 60.7 Å². The molecule has 2 aromatic carbocycles. The summed E-state index contributed by atoms with van der Waals surface area (Å²) in [5.41, 5.74) is 2.87. The lowest BCUT2D eigenvalue weighted by Gasteiger charge is -2.41. The van der Waals surface area contributed by atoms with Crippen molar-refractivity contribution in [3.63, 3.8) is 0 Å². The standard InChI is InChI=1S/C22H30N2/c1-20(19-22-13-7-3-8-14-22)24(23-16-9-4-10-17-23)18-15-21-11-5-2-6-12-21/h2-3,5-8,11-14,20H,4,9-10,15-19H2,1H3. The molecule has 1 aliphatic heterocycles. The Morgan fingerprint density at radius 2 is 1.42 bits per heavy atom. The molecule has 1 atom stereocenters. The highest BCUT2D eigenvalue weighted by molar-refractivity contribution is 5.16. The average Bonchev–Trinajstić information content (AvgIpc) is 2.64. The molecule has 0 N–H and O–H groups in total. The van der Waals surface area contributed by atoms with Crippen molar-refractivity contribution in [1.29, 1.82) is 0 Å². The van der Waals surface area contributed by atoms with E-state index in [1.165, 1.54) is 43.5 Å². The third kappa shape index (κ3) is 4.93. The highest BCUT2D eigenvalue weighted by Crippen LogP contribution is 2.18. The summed E-state index contributed by atoms with van der Waals surface area (Å²) in [7, 11) is 0. The van der Waals surface area contributed by atoms with E-state index in [9.17, 15) is 0 Å². The zero-order chi connectivity index (χ0) is 16.6. The Kier molecular flexibility index (Phi) is 6.45. The summed E-state index contributed by atoms with van der Waals surface area (Å²) in [4.78, 5) is 0. The first kappa shape index (κ1) is 17.2. The molecule has 0 bridgehead atoms. The van der Waals surface area contributed by atoms with Crippen molar-refractivity contribution in [2.45, 2.75) is 45.1 Å². The molecule has 0 radical (unpaired) electrons. The fourth-order valence-corrected chi connectivity index (χ4v) is 3.72. The number of nitrogens with zero attached hydrogens (tertiary/aromatic N) is 2. The number of rotatable bonds is 7. The SMILES string of the molecule is CC(Cc1ccccc1)N(CCc1ccccc1)N1CCCCC1. The third-order valence-electron chi connectivity index (χ3n) is 5.05. The first-order valence-electron chi connectivity index (χ1n) is 9.42. The monoisotopic (exact) mass is 322 g/mol. The molecule has 0 aliphatic carbocycles. The summed E-state index contributed by atoms with van der Waals surface area (Å²) in [5, 5.41) is 5.25. The van der Waals surface area contributed by atoms with Gasteiger partial charge in [-0.05, 0) is 43.7 Å². The van der Waals surface area contributed by atoms with E-state index in [2.05, 4.69) is 77.6 Å². The predicted molar refractivity (Wildman–Crippen MR) is 102 cm³/mol. The van der Waals surface area contributed by atoms with Gasteiger partial charge in [0.15, 0.2) is 0 Å². The number of hydrogen-bond acceptors (Lipinski definition) is 2. The van der Waals surface area contributed by atoms with Gasteiger partial charge in [-0.1, -0.05) is 67.1 Å². The van der Waals surface area contributed by atoms with Gasteiger partial charge in [0.05, 0.1) is 0 Å². The van der Waals surface area contributed by atoms with Crippen molar-refractivity contribution in [2.24, 2.45) is 0 Å². The topological polar surface area (TPSA) is 6.48 Å². The molecule has 2 nitrogen and oxygen atoms in total. The van der Waals surface area contributed by atoms with E-state index in [0.717, 1.165) is 19.4 Å². The van der Waals surface area contributed by atoms with Gasteiger partial charge in [0.2, 0.25) is 0 Å². The predicted octanol–water partition coefficient (Wildman–Crippen LogP) is 4.56.